The molecule has 2 N–H and O–H groups in total. The zero-order chi connectivity index (χ0) is 18.7. The van der Waals surface area contributed by atoms with E-state index in [1.54, 1.807) is 30.3 Å². The van der Waals surface area contributed by atoms with Gasteiger partial charge in [0.05, 0.1) is 12.6 Å². The van der Waals surface area contributed by atoms with Crippen molar-refractivity contribution in [2.24, 2.45) is 0 Å². The number of nitrogens with one attached hydrogen (secondary N) is 1. The van der Waals surface area contributed by atoms with E-state index in [1.165, 1.54) is 6.07 Å². The predicted octanol–water partition coefficient (Wildman–Crippen LogP) is 3.36. The normalized spacial score (nSPS) is 13.5. The maximum absolute atomic E-state index is 12.5. The van der Waals surface area contributed by atoms with Crippen molar-refractivity contribution in [2.75, 3.05) is 6.61 Å². The van der Waals surface area contributed by atoms with Gasteiger partial charge in [-0.2, -0.15) is 0 Å². The van der Waals surface area contributed by atoms with Gasteiger partial charge in [-0.1, -0.05) is 46.3 Å². The molecule has 10 heteroatoms. The molecule has 0 spiro atoms. The zero-order valence-electron chi connectivity index (χ0n) is 12.5. The van der Waals surface area contributed by atoms with E-state index in [2.05, 4.69) is 25.4 Å². The lowest BCUT2D eigenvalue weighted by molar-refractivity contribution is -0.275. The highest BCUT2D eigenvalue weighted by Gasteiger charge is 2.34. The van der Waals surface area contributed by atoms with Gasteiger partial charge >= 0.3 is 6.36 Å². The maximum Gasteiger partial charge on any atom is 0.573 e. The Bertz CT molecular complexity index is 828. The van der Waals surface area contributed by atoms with Gasteiger partial charge in [0.2, 0.25) is 10.0 Å². The number of benzene rings is 2. The van der Waals surface area contributed by atoms with Gasteiger partial charge in [-0.3, -0.25) is 0 Å². The van der Waals surface area contributed by atoms with Gasteiger partial charge in [0.25, 0.3) is 0 Å². The minimum absolute atomic E-state index is 0.215. The SMILES string of the molecule is O=S(=O)(N[C@@H](CO)c1ccccc1)c1ccc(Br)cc1OC(F)(F)F. The molecule has 5 nitrogen and oxygen atoms in total. The number of ether oxygens (including phenoxy) is 1. The standard InChI is InChI=1S/C15H13BrF3NO4S/c16-11-6-7-14(13(8-11)24-15(17,18)19)25(22,23)20-12(9-21)10-4-2-1-3-5-10/h1-8,12,20-21H,9H2/t12-/m0/s1. The number of sulfonamides is 1. The Balaban J connectivity index is 2.39. The Morgan fingerprint density at radius 3 is 2.36 bits per heavy atom. The Morgan fingerprint density at radius 1 is 1.16 bits per heavy atom. The highest BCUT2D eigenvalue weighted by atomic mass is 79.9. The summed E-state index contributed by atoms with van der Waals surface area (Å²) in [7, 11) is -4.40. The number of rotatable bonds is 6. The van der Waals surface area contributed by atoms with Gasteiger partial charge in [0.1, 0.15) is 4.90 Å². The average Bonchev–Trinajstić information content (AvgIpc) is 2.51. The topological polar surface area (TPSA) is 75.6 Å². The summed E-state index contributed by atoms with van der Waals surface area (Å²) in [6.07, 6.45) is -5.05. The van der Waals surface area contributed by atoms with Gasteiger partial charge < -0.3 is 9.84 Å². The van der Waals surface area contributed by atoms with Crippen molar-refractivity contribution in [3.05, 3.63) is 58.6 Å². The molecular weight excluding hydrogens is 427 g/mol. The second-order valence-corrected chi connectivity index (χ2v) is 7.50. The molecule has 2 aromatic rings. The highest BCUT2D eigenvalue weighted by Crippen LogP contribution is 2.32. The van der Waals surface area contributed by atoms with E-state index in [0.29, 0.717) is 5.56 Å². The molecule has 0 aliphatic heterocycles. The Hall–Kier alpha value is -1.62. The first-order valence-electron chi connectivity index (χ1n) is 6.86. The molecule has 0 radical (unpaired) electrons. The van der Waals surface area contributed by atoms with Crippen LogP contribution in [-0.2, 0) is 10.0 Å². The monoisotopic (exact) mass is 439 g/mol. The second kappa shape index (κ2) is 7.73. The summed E-state index contributed by atoms with van der Waals surface area (Å²) in [5.74, 6) is -0.876. The van der Waals surface area contributed by atoms with Gasteiger partial charge in [0, 0.05) is 4.47 Å². The van der Waals surface area contributed by atoms with E-state index in [1.807, 2.05) is 0 Å². The van der Waals surface area contributed by atoms with Crippen LogP contribution in [-0.4, -0.2) is 26.5 Å². The molecule has 0 saturated carbocycles. The molecule has 1 atom stereocenters. The Morgan fingerprint density at radius 2 is 1.80 bits per heavy atom. The number of hydrogen-bond donors (Lipinski definition) is 2. The molecule has 0 unspecified atom stereocenters. The van der Waals surface area contributed by atoms with Gasteiger partial charge in [-0.15, -0.1) is 13.2 Å². The van der Waals surface area contributed by atoms with Gasteiger partial charge in [-0.05, 0) is 23.8 Å². The van der Waals surface area contributed by atoms with Crippen molar-refractivity contribution >= 4 is 26.0 Å². The molecule has 0 heterocycles. The first-order valence-corrected chi connectivity index (χ1v) is 9.13. The van der Waals surface area contributed by atoms with E-state index in [9.17, 15) is 26.7 Å². The minimum Gasteiger partial charge on any atom is -0.404 e. The van der Waals surface area contributed by atoms with Crippen molar-refractivity contribution in [3.8, 4) is 5.75 Å². The number of aliphatic hydroxyl groups excluding tert-OH is 1. The molecular formula is C15H13BrF3NO4S. The fourth-order valence-electron chi connectivity index (χ4n) is 2.06. The molecule has 2 rings (SSSR count). The lowest BCUT2D eigenvalue weighted by Gasteiger charge is -2.19. The summed E-state index contributed by atoms with van der Waals surface area (Å²) in [5, 5.41) is 9.44. The van der Waals surface area contributed by atoms with Gasteiger partial charge in [0.15, 0.2) is 5.75 Å². The summed E-state index contributed by atoms with van der Waals surface area (Å²) in [4.78, 5) is -0.692. The summed E-state index contributed by atoms with van der Waals surface area (Å²) < 4.78 is 68.8. The fourth-order valence-corrected chi connectivity index (χ4v) is 3.72. The molecule has 25 heavy (non-hydrogen) atoms. The van der Waals surface area contributed by atoms with E-state index in [0.717, 1.165) is 12.1 Å². The molecule has 136 valence electrons. The van der Waals surface area contributed by atoms with Crippen LogP contribution in [0.3, 0.4) is 0 Å². The van der Waals surface area contributed by atoms with E-state index in [-0.39, 0.29) is 4.47 Å². The molecule has 0 aliphatic carbocycles. The van der Waals surface area contributed by atoms with E-state index < -0.39 is 39.7 Å². The van der Waals surface area contributed by atoms with E-state index in [4.69, 9.17) is 0 Å². The summed E-state index contributed by atoms with van der Waals surface area (Å²) in [6, 6.07) is 10.3. The molecule has 0 fully saturated rings. The quantitative estimate of drug-likeness (QED) is 0.723. The van der Waals surface area contributed by atoms with Crippen LogP contribution in [0.4, 0.5) is 13.2 Å². The van der Waals surface area contributed by atoms with Crippen LogP contribution >= 0.6 is 15.9 Å². The molecule has 0 aromatic heterocycles. The van der Waals surface area contributed by atoms with Crippen LogP contribution in [0.2, 0.25) is 0 Å². The fraction of sp³-hybridized carbons (Fsp3) is 0.200. The number of hydrogen-bond acceptors (Lipinski definition) is 4. The third-order valence-corrected chi connectivity index (χ3v) is 5.11. The van der Waals surface area contributed by atoms with Crippen molar-refractivity contribution in [3.63, 3.8) is 0 Å². The minimum atomic E-state index is -5.05. The third kappa shape index (κ3) is 5.43. The lowest BCUT2D eigenvalue weighted by Crippen LogP contribution is -2.31. The van der Waals surface area contributed by atoms with Crippen molar-refractivity contribution in [1.82, 2.24) is 4.72 Å². The van der Waals surface area contributed by atoms with Crippen molar-refractivity contribution < 1.29 is 31.4 Å². The van der Waals surface area contributed by atoms with E-state index >= 15 is 0 Å². The van der Waals surface area contributed by atoms with Crippen LogP contribution in [0.25, 0.3) is 0 Å². The number of aliphatic hydroxyl groups is 1. The smallest absolute Gasteiger partial charge is 0.404 e. The van der Waals surface area contributed by atoms with Crippen molar-refractivity contribution in [2.45, 2.75) is 17.3 Å². The molecule has 0 bridgehead atoms. The number of alkyl halides is 3. The molecule has 2 aromatic carbocycles. The summed E-state index contributed by atoms with van der Waals surface area (Å²) >= 11 is 2.97. The first-order chi connectivity index (χ1) is 11.6. The first kappa shape index (κ1) is 19.7. The lowest BCUT2D eigenvalue weighted by atomic mass is 10.1. The van der Waals surface area contributed by atoms with Crippen LogP contribution in [0.15, 0.2) is 57.9 Å². The third-order valence-electron chi connectivity index (χ3n) is 3.10. The van der Waals surface area contributed by atoms with Crippen molar-refractivity contribution in [1.29, 1.82) is 0 Å². The second-order valence-electron chi connectivity index (χ2n) is 4.91. The van der Waals surface area contributed by atoms with Crippen LogP contribution in [0.1, 0.15) is 11.6 Å². The summed E-state index contributed by atoms with van der Waals surface area (Å²) in [5.41, 5.74) is 0.462. The highest BCUT2D eigenvalue weighted by molar-refractivity contribution is 9.10. The van der Waals surface area contributed by atoms with Gasteiger partial charge in [-0.25, -0.2) is 13.1 Å². The summed E-state index contributed by atoms with van der Waals surface area (Å²) in [6.45, 7) is -0.574. The zero-order valence-corrected chi connectivity index (χ0v) is 14.9. The maximum atomic E-state index is 12.5. The van der Waals surface area contributed by atoms with Crippen LogP contribution in [0, 0.1) is 0 Å². The average molecular weight is 440 g/mol. The van der Waals surface area contributed by atoms with Crippen LogP contribution in [0.5, 0.6) is 5.75 Å². The Labute approximate surface area is 150 Å². The molecule has 0 aliphatic rings. The largest absolute Gasteiger partial charge is 0.573 e. The van der Waals surface area contributed by atoms with Crippen LogP contribution < -0.4 is 9.46 Å². The predicted molar refractivity (Wildman–Crippen MR) is 87.4 cm³/mol. The molecule has 0 amide bonds. The Kier molecular flexibility index (Phi) is 6.09. The number of halogens is 4. The molecule has 0 saturated heterocycles.